The summed E-state index contributed by atoms with van der Waals surface area (Å²) in [5, 5.41) is 12.3. The number of benzene rings is 1. The maximum atomic E-state index is 12.5. The zero-order chi connectivity index (χ0) is 17.5. The second kappa shape index (κ2) is 8.97. The second-order valence-electron chi connectivity index (χ2n) is 6.46. The molecule has 1 aromatic carbocycles. The van der Waals surface area contributed by atoms with Gasteiger partial charge in [-0.3, -0.25) is 4.79 Å². The van der Waals surface area contributed by atoms with Gasteiger partial charge in [0.05, 0.1) is 5.92 Å². The first-order valence-corrected chi connectivity index (χ1v) is 9.44. The fraction of sp³-hybridized carbons (Fsp3) is 0.556. The van der Waals surface area contributed by atoms with Gasteiger partial charge in [-0.1, -0.05) is 32.0 Å². The number of likely N-dealkylation sites (tertiary alicyclic amines) is 1. The first-order chi connectivity index (χ1) is 11.5. The van der Waals surface area contributed by atoms with Gasteiger partial charge in [0.25, 0.3) is 0 Å². The zero-order valence-electron chi connectivity index (χ0n) is 14.3. The van der Waals surface area contributed by atoms with E-state index in [0.717, 1.165) is 12.2 Å². The van der Waals surface area contributed by atoms with Crippen LogP contribution in [0.3, 0.4) is 0 Å². The molecule has 1 aromatic rings. The molecule has 0 spiro atoms. The Morgan fingerprint density at radius 3 is 2.67 bits per heavy atom. The summed E-state index contributed by atoms with van der Waals surface area (Å²) in [7, 11) is 0. The molecule has 2 rings (SSSR count). The van der Waals surface area contributed by atoms with Crippen LogP contribution < -0.4 is 5.32 Å². The zero-order valence-corrected chi connectivity index (χ0v) is 15.1. The molecule has 0 aromatic heterocycles. The fourth-order valence-corrected chi connectivity index (χ4v) is 4.00. The highest BCUT2D eigenvalue weighted by Crippen LogP contribution is 2.22. The van der Waals surface area contributed by atoms with E-state index in [1.54, 1.807) is 16.7 Å². The average molecular weight is 350 g/mol. The Hall–Kier alpha value is -1.69. The average Bonchev–Trinajstić information content (AvgIpc) is 2.58. The van der Waals surface area contributed by atoms with E-state index in [4.69, 9.17) is 0 Å². The van der Waals surface area contributed by atoms with Gasteiger partial charge < -0.3 is 15.3 Å². The van der Waals surface area contributed by atoms with Gasteiger partial charge in [-0.2, -0.15) is 0 Å². The van der Waals surface area contributed by atoms with E-state index < -0.39 is 11.9 Å². The minimum atomic E-state index is -0.814. The van der Waals surface area contributed by atoms with Crippen LogP contribution >= 0.6 is 11.8 Å². The molecule has 1 fully saturated rings. The predicted octanol–water partition coefficient (Wildman–Crippen LogP) is 3.31. The van der Waals surface area contributed by atoms with Crippen LogP contribution in [0.1, 0.15) is 26.7 Å². The number of carbonyl (C=O) groups excluding carboxylic acids is 1. The van der Waals surface area contributed by atoms with Crippen LogP contribution in [0, 0.1) is 11.8 Å². The molecule has 3 atom stereocenters. The third-order valence-electron chi connectivity index (χ3n) is 4.31. The fourth-order valence-electron chi connectivity index (χ4n) is 2.94. The minimum absolute atomic E-state index is 0.0724. The van der Waals surface area contributed by atoms with Gasteiger partial charge in [0.15, 0.2) is 0 Å². The third-order valence-corrected chi connectivity index (χ3v) is 5.49. The van der Waals surface area contributed by atoms with Crippen molar-refractivity contribution in [2.75, 3.05) is 18.8 Å². The first kappa shape index (κ1) is 18.6. The van der Waals surface area contributed by atoms with Gasteiger partial charge >= 0.3 is 12.0 Å². The molecule has 24 heavy (non-hydrogen) atoms. The van der Waals surface area contributed by atoms with Crippen molar-refractivity contribution >= 4 is 23.8 Å². The van der Waals surface area contributed by atoms with Crippen LogP contribution in [0.25, 0.3) is 0 Å². The van der Waals surface area contributed by atoms with Gasteiger partial charge in [-0.25, -0.2) is 4.79 Å². The highest BCUT2D eigenvalue weighted by Gasteiger charge is 2.32. The third kappa shape index (κ3) is 5.44. The van der Waals surface area contributed by atoms with E-state index in [-0.39, 0.29) is 18.0 Å². The topological polar surface area (TPSA) is 69.6 Å². The molecule has 132 valence electrons. The number of hydrogen-bond donors (Lipinski definition) is 2. The lowest BCUT2D eigenvalue weighted by atomic mass is 9.91. The summed E-state index contributed by atoms with van der Waals surface area (Å²) in [6.07, 6.45) is 1.48. The van der Waals surface area contributed by atoms with E-state index in [0.29, 0.717) is 19.5 Å². The van der Waals surface area contributed by atoms with Gasteiger partial charge in [-0.15, -0.1) is 11.8 Å². The SMILES string of the molecule is CCC(CSc1ccccc1)NC(=O)N1CC(C)CC(C(=O)O)C1. The quantitative estimate of drug-likeness (QED) is 0.772. The monoisotopic (exact) mass is 350 g/mol. The molecular weight excluding hydrogens is 324 g/mol. The Kier molecular flexibility index (Phi) is 6.97. The van der Waals surface area contributed by atoms with E-state index in [9.17, 15) is 14.7 Å². The van der Waals surface area contributed by atoms with Crippen molar-refractivity contribution in [1.29, 1.82) is 0 Å². The second-order valence-corrected chi connectivity index (χ2v) is 7.55. The maximum absolute atomic E-state index is 12.5. The van der Waals surface area contributed by atoms with Crippen LogP contribution in [-0.4, -0.2) is 46.9 Å². The lowest BCUT2D eigenvalue weighted by Gasteiger charge is -2.35. The highest BCUT2D eigenvalue weighted by atomic mass is 32.2. The molecule has 3 unspecified atom stereocenters. The molecule has 1 aliphatic heterocycles. The molecule has 0 bridgehead atoms. The maximum Gasteiger partial charge on any atom is 0.317 e. The largest absolute Gasteiger partial charge is 0.481 e. The molecule has 0 aliphatic carbocycles. The summed E-state index contributed by atoms with van der Waals surface area (Å²) in [5.74, 6) is -0.258. The molecule has 1 saturated heterocycles. The summed E-state index contributed by atoms with van der Waals surface area (Å²) in [6.45, 7) is 4.97. The summed E-state index contributed by atoms with van der Waals surface area (Å²) < 4.78 is 0. The smallest absolute Gasteiger partial charge is 0.317 e. The number of amides is 2. The number of nitrogens with one attached hydrogen (secondary N) is 1. The summed E-state index contributed by atoms with van der Waals surface area (Å²) in [5.41, 5.74) is 0. The number of carboxylic acid groups (broad SMARTS) is 1. The summed E-state index contributed by atoms with van der Waals surface area (Å²) in [6, 6.07) is 10.0. The van der Waals surface area contributed by atoms with E-state index in [1.165, 1.54) is 4.90 Å². The standard InChI is InChI=1S/C18H26N2O3S/c1-3-15(12-24-16-7-5-4-6-8-16)19-18(23)20-10-13(2)9-14(11-20)17(21)22/h4-8,13-15H,3,9-12H2,1-2H3,(H,19,23)(H,21,22). The van der Waals surface area contributed by atoms with Crippen molar-refractivity contribution in [3.05, 3.63) is 30.3 Å². The molecule has 2 amide bonds. The van der Waals surface area contributed by atoms with Crippen molar-refractivity contribution in [3.8, 4) is 0 Å². The van der Waals surface area contributed by atoms with E-state index in [2.05, 4.69) is 24.4 Å². The van der Waals surface area contributed by atoms with Gasteiger partial charge in [-0.05, 0) is 30.9 Å². The van der Waals surface area contributed by atoms with Gasteiger partial charge in [0.1, 0.15) is 0 Å². The van der Waals surface area contributed by atoms with Gasteiger partial charge in [0, 0.05) is 29.8 Å². The Bertz CT molecular complexity index is 552. The first-order valence-electron chi connectivity index (χ1n) is 8.45. The molecule has 5 nitrogen and oxygen atoms in total. The van der Waals surface area contributed by atoms with Gasteiger partial charge in [0.2, 0.25) is 0 Å². The molecule has 1 heterocycles. The number of thioether (sulfide) groups is 1. The molecule has 0 saturated carbocycles. The summed E-state index contributed by atoms with van der Waals surface area (Å²) in [4.78, 5) is 26.6. The Morgan fingerprint density at radius 1 is 1.33 bits per heavy atom. The Morgan fingerprint density at radius 2 is 2.04 bits per heavy atom. The van der Waals surface area contributed by atoms with Crippen LogP contribution in [0.5, 0.6) is 0 Å². The Labute approximate surface area is 147 Å². The molecule has 1 aliphatic rings. The van der Waals surface area contributed by atoms with E-state index in [1.807, 2.05) is 25.1 Å². The molecule has 6 heteroatoms. The minimum Gasteiger partial charge on any atom is -0.481 e. The lowest BCUT2D eigenvalue weighted by molar-refractivity contribution is -0.143. The number of aliphatic carboxylic acids is 1. The van der Waals surface area contributed by atoms with Crippen molar-refractivity contribution in [3.63, 3.8) is 0 Å². The van der Waals surface area contributed by atoms with Crippen LogP contribution in [0.4, 0.5) is 4.79 Å². The van der Waals surface area contributed by atoms with Crippen molar-refractivity contribution in [2.45, 2.75) is 37.6 Å². The number of rotatable bonds is 6. The van der Waals surface area contributed by atoms with Crippen LogP contribution in [0.2, 0.25) is 0 Å². The molecule has 0 radical (unpaired) electrons. The number of hydrogen-bond acceptors (Lipinski definition) is 3. The number of piperidine rings is 1. The van der Waals surface area contributed by atoms with Crippen molar-refractivity contribution in [1.82, 2.24) is 10.2 Å². The highest BCUT2D eigenvalue weighted by molar-refractivity contribution is 7.99. The number of carboxylic acids is 1. The summed E-state index contributed by atoms with van der Waals surface area (Å²) >= 11 is 1.72. The van der Waals surface area contributed by atoms with Crippen LogP contribution in [-0.2, 0) is 4.79 Å². The predicted molar refractivity (Wildman–Crippen MR) is 96.3 cm³/mol. The normalized spacial score (nSPS) is 22.0. The lowest BCUT2D eigenvalue weighted by Crippen LogP contribution is -2.52. The Balaban J connectivity index is 1.87. The van der Waals surface area contributed by atoms with Crippen molar-refractivity contribution < 1.29 is 14.7 Å². The van der Waals surface area contributed by atoms with E-state index >= 15 is 0 Å². The van der Waals surface area contributed by atoms with Crippen molar-refractivity contribution in [2.24, 2.45) is 11.8 Å². The molecule has 2 N–H and O–H groups in total. The molecular formula is C18H26N2O3S. The number of carbonyl (C=O) groups is 2. The number of urea groups is 1. The van der Waals surface area contributed by atoms with Crippen LogP contribution in [0.15, 0.2) is 35.2 Å². The number of nitrogens with zero attached hydrogens (tertiary/aromatic N) is 1.